The number of rotatable bonds is 11. The molecule has 178 valence electrons. The lowest BCUT2D eigenvalue weighted by Gasteiger charge is -2.05. The first-order valence-corrected chi connectivity index (χ1v) is 12.5. The Hall–Kier alpha value is -3.38. The van der Waals surface area contributed by atoms with Gasteiger partial charge in [0.1, 0.15) is 11.5 Å². The zero-order valence-electron chi connectivity index (χ0n) is 18.9. The Labute approximate surface area is 206 Å². The Morgan fingerprint density at radius 1 is 0.647 bits per heavy atom. The van der Waals surface area contributed by atoms with Crippen LogP contribution in [0.25, 0.3) is 22.8 Å². The number of nitrogen functional groups attached to an aromatic ring is 2. The minimum Gasteiger partial charge on any atom is -0.497 e. The van der Waals surface area contributed by atoms with E-state index in [2.05, 4.69) is 20.4 Å². The summed E-state index contributed by atoms with van der Waals surface area (Å²) in [5, 5.41) is 18.3. The Morgan fingerprint density at radius 3 is 1.38 bits per heavy atom. The van der Waals surface area contributed by atoms with Gasteiger partial charge >= 0.3 is 0 Å². The number of aromatic nitrogens is 6. The first-order valence-electron chi connectivity index (χ1n) is 10.6. The lowest BCUT2D eigenvalue weighted by molar-refractivity contribution is 0.414. The molecule has 0 aliphatic carbocycles. The van der Waals surface area contributed by atoms with Crippen molar-refractivity contribution in [2.75, 3.05) is 37.4 Å². The summed E-state index contributed by atoms with van der Waals surface area (Å²) in [5.41, 5.74) is 1.78. The Kier molecular flexibility index (Phi) is 7.80. The number of ether oxygens (including phenoxy) is 2. The molecule has 0 atom stereocenters. The van der Waals surface area contributed by atoms with Crippen molar-refractivity contribution in [3.05, 3.63) is 48.5 Å². The van der Waals surface area contributed by atoms with Crippen molar-refractivity contribution in [1.29, 1.82) is 0 Å². The molecule has 4 rings (SSSR count). The second-order valence-electron chi connectivity index (χ2n) is 7.21. The molecule has 12 heteroatoms. The molecule has 0 aliphatic rings. The third-order valence-corrected chi connectivity index (χ3v) is 7.09. The number of methoxy groups -OCH3 is 2. The molecular formula is C22H26N8O2S2. The lowest BCUT2D eigenvalue weighted by atomic mass is 10.2. The van der Waals surface area contributed by atoms with Gasteiger partial charge in [-0.2, -0.15) is 0 Å². The quantitative estimate of drug-likeness (QED) is 0.180. The van der Waals surface area contributed by atoms with Gasteiger partial charge in [0.05, 0.1) is 14.2 Å². The van der Waals surface area contributed by atoms with E-state index in [1.54, 1.807) is 37.7 Å². The minimum atomic E-state index is 0.621. The predicted molar refractivity (Wildman–Crippen MR) is 135 cm³/mol. The predicted octanol–water partition coefficient (Wildman–Crippen LogP) is 3.31. The summed E-state index contributed by atoms with van der Waals surface area (Å²) >= 11 is 3.17. The molecule has 0 spiro atoms. The highest BCUT2D eigenvalue weighted by molar-refractivity contribution is 7.99. The van der Waals surface area contributed by atoms with Crippen LogP contribution in [0.4, 0.5) is 0 Å². The number of thioether (sulfide) groups is 2. The monoisotopic (exact) mass is 498 g/mol. The number of unbranched alkanes of at least 4 members (excludes halogenated alkanes) is 1. The van der Waals surface area contributed by atoms with E-state index in [1.165, 1.54) is 9.35 Å². The van der Waals surface area contributed by atoms with Crippen molar-refractivity contribution >= 4 is 23.5 Å². The van der Waals surface area contributed by atoms with Crippen LogP contribution in [-0.2, 0) is 0 Å². The van der Waals surface area contributed by atoms with Crippen LogP contribution in [0.2, 0.25) is 0 Å². The summed E-state index contributed by atoms with van der Waals surface area (Å²) < 4.78 is 13.4. The maximum Gasteiger partial charge on any atom is 0.210 e. The lowest BCUT2D eigenvalue weighted by Crippen LogP contribution is -2.12. The molecule has 0 saturated heterocycles. The molecule has 4 N–H and O–H groups in total. The van der Waals surface area contributed by atoms with Crippen molar-refractivity contribution in [3.8, 4) is 34.3 Å². The largest absolute Gasteiger partial charge is 0.497 e. The van der Waals surface area contributed by atoms with E-state index in [-0.39, 0.29) is 0 Å². The molecule has 2 aromatic carbocycles. The van der Waals surface area contributed by atoms with Gasteiger partial charge in [-0.1, -0.05) is 23.5 Å². The second-order valence-corrected chi connectivity index (χ2v) is 9.34. The van der Waals surface area contributed by atoms with E-state index in [0.717, 1.165) is 47.0 Å². The third kappa shape index (κ3) is 5.39. The first-order chi connectivity index (χ1) is 16.6. The maximum atomic E-state index is 6.20. The van der Waals surface area contributed by atoms with E-state index in [1.807, 2.05) is 48.5 Å². The SMILES string of the molecule is COc1ccc(-c2nnc(SCCCCSc3nnc(-c4ccc(OC)cc4)n3N)n2N)cc1. The fourth-order valence-electron chi connectivity index (χ4n) is 3.16. The van der Waals surface area contributed by atoms with Crippen LogP contribution in [0.3, 0.4) is 0 Å². The van der Waals surface area contributed by atoms with Crippen molar-refractivity contribution in [3.63, 3.8) is 0 Å². The van der Waals surface area contributed by atoms with Crippen LogP contribution in [0.5, 0.6) is 11.5 Å². The summed E-state index contributed by atoms with van der Waals surface area (Å²) in [6.45, 7) is 0. The summed E-state index contributed by atoms with van der Waals surface area (Å²) in [7, 11) is 3.27. The fourth-order valence-corrected chi connectivity index (χ4v) is 4.87. The van der Waals surface area contributed by atoms with Crippen LogP contribution >= 0.6 is 23.5 Å². The second kappa shape index (κ2) is 11.2. The van der Waals surface area contributed by atoms with Gasteiger partial charge in [0, 0.05) is 22.6 Å². The Balaban J connectivity index is 1.23. The standard InChI is InChI=1S/C22H26N8O2S2/c1-31-17-9-5-15(6-10-17)19-25-27-21(29(19)23)33-13-3-4-14-34-22-28-26-20(30(22)24)16-7-11-18(32-2)12-8-16/h5-12H,3-4,13-14,23-24H2,1-2H3. The highest BCUT2D eigenvalue weighted by Crippen LogP contribution is 2.26. The van der Waals surface area contributed by atoms with E-state index in [9.17, 15) is 0 Å². The molecule has 10 nitrogen and oxygen atoms in total. The summed E-state index contributed by atoms with van der Waals surface area (Å²) in [4.78, 5) is 0. The minimum absolute atomic E-state index is 0.621. The van der Waals surface area contributed by atoms with Crippen molar-refractivity contribution in [1.82, 2.24) is 29.7 Å². The molecule has 0 bridgehead atoms. The van der Waals surface area contributed by atoms with Gasteiger partial charge in [-0.05, 0) is 61.4 Å². The zero-order valence-corrected chi connectivity index (χ0v) is 20.6. The number of nitrogens with zero attached hydrogens (tertiary/aromatic N) is 6. The first kappa shape index (κ1) is 23.8. The molecule has 0 fully saturated rings. The maximum absolute atomic E-state index is 6.20. The van der Waals surface area contributed by atoms with Gasteiger partial charge in [0.2, 0.25) is 10.3 Å². The van der Waals surface area contributed by atoms with Gasteiger partial charge in [-0.15, -0.1) is 20.4 Å². The summed E-state index contributed by atoms with van der Waals surface area (Å²) in [6, 6.07) is 15.1. The third-order valence-electron chi connectivity index (χ3n) is 5.03. The van der Waals surface area contributed by atoms with Gasteiger partial charge < -0.3 is 21.2 Å². The number of hydrogen-bond acceptors (Lipinski definition) is 10. The Bertz CT molecular complexity index is 1110. The van der Waals surface area contributed by atoms with Gasteiger partial charge in [0.25, 0.3) is 0 Å². The highest BCUT2D eigenvalue weighted by atomic mass is 32.2. The smallest absolute Gasteiger partial charge is 0.210 e. The average Bonchev–Trinajstić information content (AvgIpc) is 3.43. The van der Waals surface area contributed by atoms with E-state index in [4.69, 9.17) is 21.2 Å². The molecule has 0 radical (unpaired) electrons. The average molecular weight is 499 g/mol. The van der Waals surface area contributed by atoms with Crippen molar-refractivity contribution in [2.45, 2.75) is 23.2 Å². The molecule has 2 aromatic heterocycles. The van der Waals surface area contributed by atoms with Gasteiger partial charge in [-0.25, -0.2) is 9.35 Å². The molecule has 0 aliphatic heterocycles. The van der Waals surface area contributed by atoms with Gasteiger partial charge in [0.15, 0.2) is 11.6 Å². The number of benzene rings is 2. The molecule has 0 amide bonds. The molecule has 0 saturated carbocycles. The van der Waals surface area contributed by atoms with Crippen molar-refractivity contribution in [2.24, 2.45) is 0 Å². The number of hydrogen-bond donors (Lipinski definition) is 2. The van der Waals surface area contributed by atoms with Crippen LogP contribution in [0, 0.1) is 0 Å². The van der Waals surface area contributed by atoms with Crippen molar-refractivity contribution < 1.29 is 9.47 Å². The summed E-state index contributed by atoms with van der Waals surface area (Å²) in [6.07, 6.45) is 1.99. The van der Waals surface area contributed by atoms with Crippen LogP contribution < -0.4 is 21.2 Å². The number of nitrogens with two attached hydrogens (primary N) is 2. The highest BCUT2D eigenvalue weighted by Gasteiger charge is 2.14. The zero-order chi connectivity index (χ0) is 23.9. The van der Waals surface area contributed by atoms with E-state index < -0.39 is 0 Å². The van der Waals surface area contributed by atoms with E-state index in [0.29, 0.717) is 22.0 Å². The molecule has 0 unspecified atom stereocenters. The van der Waals surface area contributed by atoms with Crippen LogP contribution in [0.1, 0.15) is 12.8 Å². The normalized spacial score (nSPS) is 11.0. The van der Waals surface area contributed by atoms with E-state index >= 15 is 0 Å². The summed E-state index contributed by atoms with van der Waals surface area (Å²) in [5.74, 6) is 17.0. The fraction of sp³-hybridized carbons (Fsp3) is 0.273. The van der Waals surface area contributed by atoms with Crippen LogP contribution in [0.15, 0.2) is 58.8 Å². The molecular weight excluding hydrogens is 472 g/mol. The Morgan fingerprint density at radius 2 is 1.03 bits per heavy atom. The molecule has 4 aromatic rings. The molecule has 34 heavy (non-hydrogen) atoms. The molecule has 2 heterocycles. The van der Waals surface area contributed by atoms with Crippen LogP contribution in [-0.4, -0.2) is 55.5 Å². The topological polar surface area (TPSA) is 132 Å². The van der Waals surface area contributed by atoms with Gasteiger partial charge in [-0.3, -0.25) is 0 Å².